The maximum Gasteiger partial charge on any atom is 0.228 e. The van der Waals surface area contributed by atoms with Gasteiger partial charge in [0.25, 0.3) is 0 Å². The van der Waals surface area contributed by atoms with Crippen LogP contribution in [0.1, 0.15) is 17.9 Å². The summed E-state index contributed by atoms with van der Waals surface area (Å²) in [5, 5.41) is 2.61. The first kappa shape index (κ1) is 17.3. The first-order chi connectivity index (χ1) is 13.0. The zero-order chi connectivity index (χ0) is 19.0. The summed E-state index contributed by atoms with van der Waals surface area (Å²) in [6, 6.07) is 16.8. The SMILES string of the molecule is O=C(Nc1c(F)cc(F)cc1-c1ccccc1)[C@H]1C[C@H]1c1cccc(F)c1. The molecule has 2 nitrogen and oxygen atoms in total. The van der Waals surface area contributed by atoms with Crippen molar-refractivity contribution in [3.8, 4) is 11.1 Å². The lowest BCUT2D eigenvalue weighted by molar-refractivity contribution is -0.117. The second-order valence-electron chi connectivity index (χ2n) is 6.67. The normalized spacial score (nSPS) is 18.2. The van der Waals surface area contributed by atoms with Crippen LogP contribution in [0.2, 0.25) is 0 Å². The van der Waals surface area contributed by atoms with Crippen molar-refractivity contribution in [2.45, 2.75) is 12.3 Å². The van der Waals surface area contributed by atoms with Gasteiger partial charge in [-0.1, -0.05) is 42.5 Å². The average Bonchev–Trinajstić information content (AvgIpc) is 3.45. The molecule has 4 rings (SSSR count). The zero-order valence-corrected chi connectivity index (χ0v) is 14.3. The van der Waals surface area contributed by atoms with Crippen molar-refractivity contribution in [2.24, 2.45) is 5.92 Å². The van der Waals surface area contributed by atoms with Crippen molar-refractivity contribution < 1.29 is 18.0 Å². The van der Waals surface area contributed by atoms with Gasteiger partial charge in [-0.05, 0) is 41.7 Å². The molecule has 2 atom stereocenters. The van der Waals surface area contributed by atoms with Crippen LogP contribution in [0.4, 0.5) is 18.9 Å². The molecule has 3 aromatic carbocycles. The highest BCUT2D eigenvalue weighted by atomic mass is 19.1. The van der Waals surface area contributed by atoms with Gasteiger partial charge in [0.2, 0.25) is 5.91 Å². The number of amides is 1. The Morgan fingerprint density at radius 2 is 1.67 bits per heavy atom. The fourth-order valence-electron chi connectivity index (χ4n) is 3.35. The van der Waals surface area contributed by atoms with Crippen LogP contribution < -0.4 is 5.32 Å². The monoisotopic (exact) mass is 367 g/mol. The number of hydrogen-bond acceptors (Lipinski definition) is 1. The lowest BCUT2D eigenvalue weighted by Crippen LogP contribution is -2.16. The van der Waals surface area contributed by atoms with Crippen LogP contribution in [0.25, 0.3) is 11.1 Å². The van der Waals surface area contributed by atoms with Gasteiger partial charge < -0.3 is 5.32 Å². The van der Waals surface area contributed by atoms with Gasteiger partial charge in [-0.2, -0.15) is 0 Å². The molecule has 1 aliphatic rings. The van der Waals surface area contributed by atoms with E-state index in [9.17, 15) is 18.0 Å². The molecule has 0 aliphatic heterocycles. The fraction of sp³-hybridized carbons (Fsp3) is 0.136. The third-order valence-corrected chi connectivity index (χ3v) is 4.79. The molecule has 0 saturated heterocycles. The largest absolute Gasteiger partial charge is 0.323 e. The summed E-state index contributed by atoms with van der Waals surface area (Å²) in [6.45, 7) is 0. The third-order valence-electron chi connectivity index (χ3n) is 4.79. The van der Waals surface area contributed by atoms with Crippen molar-refractivity contribution in [1.82, 2.24) is 0 Å². The fourth-order valence-corrected chi connectivity index (χ4v) is 3.35. The minimum Gasteiger partial charge on any atom is -0.323 e. The van der Waals surface area contributed by atoms with E-state index in [4.69, 9.17) is 0 Å². The quantitative estimate of drug-likeness (QED) is 0.647. The van der Waals surface area contributed by atoms with Gasteiger partial charge in [0.05, 0.1) is 5.69 Å². The smallest absolute Gasteiger partial charge is 0.228 e. The van der Waals surface area contributed by atoms with Gasteiger partial charge in [0.15, 0.2) is 0 Å². The summed E-state index contributed by atoms with van der Waals surface area (Å²) in [7, 11) is 0. The molecule has 0 unspecified atom stereocenters. The van der Waals surface area contributed by atoms with Gasteiger partial charge in [0.1, 0.15) is 17.5 Å². The standard InChI is InChI=1S/C22H16F3NO/c23-15-8-4-7-14(9-15)17-12-19(17)22(27)26-21-18(10-16(24)11-20(21)25)13-5-2-1-3-6-13/h1-11,17,19H,12H2,(H,26,27)/t17-,19-/m0/s1. The summed E-state index contributed by atoms with van der Waals surface area (Å²) in [6.07, 6.45) is 0.568. The molecule has 0 spiro atoms. The van der Waals surface area contributed by atoms with E-state index in [-0.39, 0.29) is 34.8 Å². The van der Waals surface area contributed by atoms with Gasteiger partial charge in [-0.3, -0.25) is 4.79 Å². The highest BCUT2D eigenvalue weighted by molar-refractivity contribution is 5.99. The Morgan fingerprint density at radius 3 is 2.41 bits per heavy atom. The van der Waals surface area contributed by atoms with E-state index >= 15 is 0 Å². The second kappa shape index (κ2) is 6.91. The predicted octanol–water partition coefficient (Wildman–Crippen LogP) is 5.51. The molecule has 1 saturated carbocycles. The number of halogens is 3. The molecule has 0 aromatic heterocycles. The maximum absolute atomic E-state index is 14.4. The number of benzene rings is 3. The molecule has 5 heteroatoms. The highest BCUT2D eigenvalue weighted by Gasteiger charge is 2.44. The second-order valence-corrected chi connectivity index (χ2v) is 6.67. The molecule has 136 valence electrons. The Balaban J connectivity index is 1.59. The summed E-state index contributed by atoms with van der Waals surface area (Å²) in [4.78, 5) is 12.6. The van der Waals surface area contributed by atoms with Crippen molar-refractivity contribution in [3.05, 3.63) is 89.7 Å². The third kappa shape index (κ3) is 3.58. The maximum atomic E-state index is 14.4. The van der Waals surface area contributed by atoms with E-state index in [1.807, 2.05) is 0 Å². The zero-order valence-electron chi connectivity index (χ0n) is 14.3. The van der Waals surface area contributed by atoms with E-state index in [2.05, 4.69) is 5.32 Å². The number of hydrogen-bond donors (Lipinski definition) is 1. The Hall–Kier alpha value is -3.08. The van der Waals surface area contributed by atoms with Crippen LogP contribution in [0.15, 0.2) is 66.7 Å². The minimum absolute atomic E-state index is 0.0440. The molecule has 0 heterocycles. The van der Waals surface area contributed by atoms with E-state index in [0.29, 0.717) is 12.0 Å². The van der Waals surface area contributed by atoms with Crippen LogP contribution in [-0.2, 0) is 4.79 Å². The van der Waals surface area contributed by atoms with Crippen molar-refractivity contribution in [1.29, 1.82) is 0 Å². The van der Waals surface area contributed by atoms with Gasteiger partial charge >= 0.3 is 0 Å². The van der Waals surface area contributed by atoms with Crippen LogP contribution >= 0.6 is 0 Å². The van der Waals surface area contributed by atoms with Crippen LogP contribution in [0.5, 0.6) is 0 Å². The molecule has 0 radical (unpaired) electrons. The predicted molar refractivity (Wildman–Crippen MR) is 97.7 cm³/mol. The summed E-state index contributed by atoms with van der Waals surface area (Å²) >= 11 is 0. The van der Waals surface area contributed by atoms with Gasteiger partial charge in [0, 0.05) is 17.5 Å². The van der Waals surface area contributed by atoms with E-state index in [1.165, 1.54) is 18.2 Å². The van der Waals surface area contributed by atoms with Crippen LogP contribution in [0.3, 0.4) is 0 Å². The average molecular weight is 367 g/mol. The number of carbonyl (C=O) groups is 1. The van der Waals surface area contributed by atoms with E-state index < -0.39 is 11.6 Å². The summed E-state index contributed by atoms with van der Waals surface area (Å²) < 4.78 is 41.5. The number of nitrogens with one attached hydrogen (secondary N) is 1. The molecule has 1 fully saturated rings. The number of carbonyl (C=O) groups excluding carboxylic acids is 1. The summed E-state index contributed by atoms with van der Waals surface area (Å²) in [5.41, 5.74) is 1.59. The molecule has 0 bridgehead atoms. The minimum atomic E-state index is -0.829. The van der Waals surface area contributed by atoms with Crippen LogP contribution in [0, 0.1) is 23.4 Å². The molecule has 3 aromatic rings. The Labute approximate surface area is 154 Å². The lowest BCUT2D eigenvalue weighted by atomic mass is 10.0. The molecular weight excluding hydrogens is 351 g/mol. The molecule has 1 N–H and O–H groups in total. The summed E-state index contributed by atoms with van der Waals surface area (Å²) in [5.74, 6) is -2.70. The molecule has 27 heavy (non-hydrogen) atoms. The van der Waals surface area contributed by atoms with Crippen molar-refractivity contribution in [3.63, 3.8) is 0 Å². The highest BCUT2D eigenvalue weighted by Crippen LogP contribution is 2.48. The lowest BCUT2D eigenvalue weighted by Gasteiger charge is -2.13. The topological polar surface area (TPSA) is 29.1 Å². The number of rotatable bonds is 4. The molecule has 1 amide bonds. The van der Waals surface area contributed by atoms with Crippen molar-refractivity contribution in [2.75, 3.05) is 5.32 Å². The van der Waals surface area contributed by atoms with Crippen molar-refractivity contribution >= 4 is 11.6 Å². The van der Waals surface area contributed by atoms with E-state index in [1.54, 1.807) is 42.5 Å². The Bertz CT molecular complexity index is 1000. The van der Waals surface area contributed by atoms with Gasteiger partial charge in [-0.25, -0.2) is 13.2 Å². The number of anilines is 1. The van der Waals surface area contributed by atoms with E-state index in [0.717, 1.165) is 11.6 Å². The van der Waals surface area contributed by atoms with Gasteiger partial charge in [-0.15, -0.1) is 0 Å². The Morgan fingerprint density at radius 1 is 0.889 bits per heavy atom. The van der Waals surface area contributed by atoms with Crippen LogP contribution in [-0.4, -0.2) is 5.91 Å². The Kier molecular flexibility index (Phi) is 4.44. The first-order valence-corrected chi connectivity index (χ1v) is 8.64. The molecule has 1 aliphatic carbocycles. The first-order valence-electron chi connectivity index (χ1n) is 8.64. The molecular formula is C22H16F3NO.